The monoisotopic (exact) mass is 638 g/mol. The number of nitrogens with zero attached hydrogens (tertiary/aromatic N) is 2. The van der Waals surface area contributed by atoms with E-state index < -0.39 is 0 Å². The van der Waals surface area contributed by atoms with E-state index in [2.05, 4.69) is 188 Å². The molecule has 8 aromatic carbocycles. The molecule has 0 radical (unpaired) electrons. The van der Waals surface area contributed by atoms with E-state index in [9.17, 15) is 0 Å². The molecule has 0 amide bonds. The van der Waals surface area contributed by atoms with Crippen LogP contribution in [-0.2, 0) is 5.41 Å². The van der Waals surface area contributed by atoms with Gasteiger partial charge in [0.05, 0.1) is 16.7 Å². The summed E-state index contributed by atoms with van der Waals surface area (Å²) in [5, 5.41) is 5.02. The van der Waals surface area contributed by atoms with Gasteiger partial charge in [0.2, 0.25) is 0 Å². The van der Waals surface area contributed by atoms with Crippen molar-refractivity contribution in [1.29, 1.82) is 0 Å². The molecule has 0 atom stereocenters. The van der Waals surface area contributed by atoms with Crippen molar-refractivity contribution >= 4 is 32.6 Å². The minimum absolute atomic E-state index is 0.106. The van der Waals surface area contributed by atoms with Gasteiger partial charge >= 0.3 is 0 Å². The van der Waals surface area contributed by atoms with Crippen molar-refractivity contribution in [2.24, 2.45) is 0 Å². The van der Waals surface area contributed by atoms with E-state index >= 15 is 0 Å². The molecule has 2 heterocycles. The molecule has 2 heteroatoms. The molecule has 9 aromatic rings. The smallest absolute Gasteiger partial charge is 0.145 e. The minimum atomic E-state index is -0.106. The zero-order valence-corrected chi connectivity index (χ0v) is 28.1. The van der Waals surface area contributed by atoms with Crippen LogP contribution in [0, 0.1) is 0 Å². The summed E-state index contributed by atoms with van der Waals surface area (Å²) in [7, 11) is 0. The van der Waals surface area contributed by atoms with Crippen molar-refractivity contribution in [3.8, 4) is 50.5 Å². The Morgan fingerprint density at radius 2 is 0.860 bits per heavy atom. The molecule has 0 spiro atoms. The first-order valence-electron chi connectivity index (χ1n) is 17.4. The second kappa shape index (κ2) is 10.9. The molecular formula is C48H34N2. The lowest BCUT2D eigenvalue weighted by atomic mass is 9.75. The van der Waals surface area contributed by atoms with Gasteiger partial charge in [0.15, 0.2) is 0 Å². The highest BCUT2D eigenvalue weighted by atomic mass is 15.1. The van der Waals surface area contributed by atoms with Gasteiger partial charge in [0, 0.05) is 11.0 Å². The fourth-order valence-corrected chi connectivity index (χ4v) is 8.40. The molecule has 50 heavy (non-hydrogen) atoms. The molecule has 0 bridgehead atoms. The van der Waals surface area contributed by atoms with Crippen molar-refractivity contribution in [2.45, 2.75) is 19.3 Å². The Morgan fingerprint density at radius 1 is 0.400 bits per heavy atom. The van der Waals surface area contributed by atoms with E-state index in [0.29, 0.717) is 0 Å². The standard InChI is InChI=1S/C48H34N2/c1-48(2)40-19-10-11-22-43(40)50-46-41(48)20-12-21-42(46)49-47(50)35-29-27-34(28-30-35)45-38-17-8-6-15-36(38)44(37-16-7-9-18-39(37)45)33-25-23-32(24-26-33)31-13-4-3-5-14-31/h3-30H,1-2H3. The van der Waals surface area contributed by atoms with Crippen LogP contribution in [-0.4, -0.2) is 9.55 Å². The number of aromatic nitrogens is 2. The quantitative estimate of drug-likeness (QED) is 0.175. The van der Waals surface area contributed by atoms with E-state index in [1.54, 1.807) is 0 Å². The molecule has 0 aliphatic carbocycles. The first-order chi connectivity index (χ1) is 24.6. The van der Waals surface area contributed by atoms with Crippen LogP contribution in [0.1, 0.15) is 25.0 Å². The molecule has 0 N–H and O–H groups in total. The molecule has 1 aliphatic heterocycles. The zero-order valence-electron chi connectivity index (χ0n) is 28.1. The van der Waals surface area contributed by atoms with Crippen LogP contribution in [0.2, 0.25) is 0 Å². The highest BCUT2D eigenvalue weighted by Crippen LogP contribution is 2.47. The van der Waals surface area contributed by atoms with E-state index in [0.717, 1.165) is 16.9 Å². The lowest BCUT2D eigenvalue weighted by Gasteiger charge is -2.34. The van der Waals surface area contributed by atoms with Crippen LogP contribution in [0.25, 0.3) is 83.0 Å². The number of hydrogen-bond acceptors (Lipinski definition) is 1. The van der Waals surface area contributed by atoms with Crippen LogP contribution in [0.15, 0.2) is 170 Å². The third-order valence-corrected chi connectivity index (χ3v) is 10.8. The predicted molar refractivity (Wildman–Crippen MR) is 210 cm³/mol. The molecule has 0 unspecified atom stereocenters. The van der Waals surface area contributed by atoms with Gasteiger partial charge in [-0.1, -0.05) is 172 Å². The van der Waals surface area contributed by atoms with E-state index in [1.807, 2.05) is 0 Å². The normalized spacial score (nSPS) is 13.2. The fourth-order valence-electron chi connectivity index (χ4n) is 8.40. The number of rotatable bonds is 4. The van der Waals surface area contributed by atoms with Gasteiger partial charge < -0.3 is 0 Å². The molecule has 0 fully saturated rings. The summed E-state index contributed by atoms with van der Waals surface area (Å²) >= 11 is 0. The van der Waals surface area contributed by atoms with Crippen LogP contribution >= 0.6 is 0 Å². The first-order valence-corrected chi connectivity index (χ1v) is 17.4. The summed E-state index contributed by atoms with van der Waals surface area (Å²) < 4.78 is 2.38. The SMILES string of the molecule is CC1(C)c2ccccc2-n2c(-c3ccc(-c4c5ccccc5c(-c5ccc(-c6ccccc6)cc5)c5ccccc45)cc3)nc3cccc1c32. The van der Waals surface area contributed by atoms with Crippen molar-refractivity contribution < 1.29 is 0 Å². The number of benzene rings is 8. The van der Waals surface area contributed by atoms with Gasteiger partial charge in [-0.25, -0.2) is 4.98 Å². The van der Waals surface area contributed by atoms with Crippen LogP contribution < -0.4 is 0 Å². The predicted octanol–water partition coefficient (Wildman–Crippen LogP) is 12.6. The fraction of sp³-hybridized carbons (Fsp3) is 0.0625. The Labute approximate surface area is 291 Å². The summed E-state index contributed by atoms with van der Waals surface area (Å²) in [4.78, 5) is 5.25. The van der Waals surface area contributed by atoms with Gasteiger partial charge in [-0.05, 0) is 78.2 Å². The summed E-state index contributed by atoms with van der Waals surface area (Å²) in [6.07, 6.45) is 0. The van der Waals surface area contributed by atoms with Gasteiger partial charge in [-0.3, -0.25) is 4.57 Å². The van der Waals surface area contributed by atoms with E-state index in [-0.39, 0.29) is 5.41 Å². The van der Waals surface area contributed by atoms with E-state index in [4.69, 9.17) is 4.98 Å². The zero-order chi connectivity index (χ0) is 33.4. The maximum absolute atomic E-state index is 5.25. The van der Waals surface area contributed by atoms with Crippen molar-refractivity contribution in [3.63, 3.8) is 0 Å². The maximum atomic E-state index is 5.25. The number of imidazole rings is 1. The summed E-state index contributed by atoms with van der Waals surface area (Å²) in [5.41, 5.74) is 14.5. The summed E-state index contributed by atoms with van der Waals surface area (Å²) in [5.74, 6) is 0.978. The number of hydrogen-bond donors (Lipinski definition) is 0. The first kappa shape index (κ1) is 28.7. The van der Waals surface area contributed by atoms with Crippen molar-refractivity contribution in [1.82, 2.24) is 9.55 Å². The second-order valence-corrected chi connectivity index (χ2v) is 13.9. The lowest BCUT2D eigenvalue weighted by Crippen LogP contribution is -2.26. The third-order valence-electron chi connectivity index (χ3n) is 10.8. The van der Waals surface area contributed by atoms with E-state index in [1.165, 1.54) is 77.3 Å². The Balaban J connectivity index is 1.14. The van der Waals surface area contributed by atoms with Crippen LogP contribution in [0.4, 0.5) is 0 Å². The van der Waals surface area contributed by atoms with Gasteiger partial charge in [0.25, 0.3) is 0 Å². The second-order valence-electron chi connectivity index (χ2n) is 13.9. The molecule has 2 nitrogen and oxygen atoms in total. The molecular weight excluding hydrogens is 605 g/mol. The molecule has 236 valence electrons. The highest BCUT2D eigenvalue weighted by Gasteiger charge is 2.35. The van der Waals surface area contributed by atoms with Gasteiger partial charge in [-0.2, -0.15) is 0 Å². The largest absolute Gasteiger partial charge is 0.292 e. The number of para-hydroxylation sites is 2. The van der Waals surface area contributed by atoms with Crippen molar-refractivity contribution in [2.75, 3.05) is 0 Å². The van der Waals surface area contributed by atoms with Crippen LogP contribution in [0.5, 0.6) is 0 Å². The lowest BCUT2D eigenvalue weighted by molar-refractivity contribution is 0.629. The minimum Gasteiger partial charge on any atom is -0.292 e. The summed E-state index contributed by atoms with van der Waals surface area (Å²) in [6.45, 7) is 4.65. The molecule has 0 saturated heterocycles. The topological polar surface area (TPSA) is 17.8 Å². The highest BCUT2D eigenvalue weighted by molar-refractivity contribution is 6.21. The Bertz CT molecular complexity index is 2690. The Morgan fingerprint density at radius 3 is 1.46 bits per heavy atom. The Hall–Kier alpha value is -6.25. The molecule has 10 rings (SSSR count). The van der Waals surface area contributed by atoms with Gasteiger partial charge in [0.1, 0.15) is 5.82 Å². The summed E-state index contributed by atoms with van der Waals surface area (Å²) in [6, 6.07) is 61.8. The molecule has 1 aromatic heterocycles. The average molecular weight is 639 g/mol. The third kappa shape index (κ3) is 4.18. The average Bonchev–Trinajstić information content (AvgIpc) is 3.57. The van der Waals surface area contributed by atoms with Crippen LogP contribution in [0.3, 0.4) is 0 Å². The molecule has 0 saturated carbocycles. The Kier molecular flexibility index (Phi) is 6.25. The molecule has 1 aliphatic rings. The number of fused-ring (bicyclic) bond motifs is 4. The van der Waals surface area contributed by atoms with Gasteiger partial charge in [-0.15, -0.1) is 0 Å². The maximum Gasteiger partial charge on any atom is 0.145 e. The van der Waals surface area contributed by atoms with Crippen molar-refractivity contribution in [3.05, 3.63) is 181 Å².